The smallest absolute Gasteiger partial charge is 0.117 e. The van der Waals surface area contributed by atoms with Crippen molar-refractivity contribution in [1.29, 1.82) is 0 Å². The molecule has 0 aliphatic heterocycles. The topological polar surface area (TPSA) is 58.9 Å². The van der Waals surface area contributed by atoms with Crippen LogP contribution in [0, 0.1) is 9.81 Å². The van der Waals surface area contributed by atoms with Crippen LogP contribution in [0.3, 0.4) is 0 Å². The molecule has 0 aromatic rings. The number of hydrogen-bond acceptors (Lipinski definition) is 4. The Balaban J connectivity index is 3.93. The molecule has 0 radical (unpaired) electrons. The van der Waals surface area contributed by atoms with Gasteiger partial charge in [-0.2, -0.15) is 9.81 Å². The van der Waals surface area contributed by atoms with Crippen molar-refractivity contribution in [2.75, 3.05) is 0 Å². The van der Waals surface area contributed by atoms with Gasteiger partial charge in [-0.15, -0.1) is 0 Å². The highest BCUT2D eigenvalue weighted by atomic mass is 16.3. The lowest BCUT2D eigenvalue weighted by molar-refractivity contribution is 0.499. The minimum absolute atomic E-state index is 0.428. The molecule has 0 amide bonds. The van der Waals surface area contributed by atoms with E-state index in [1.54, 1.807) is 0 Å². The zero-order valence-electron chi connectivity index (χ0n) is 6.28. The Labute approximate surface area is 60.0 Å². The van der Waals surface area contributed by atoms with E-state index in [1.807, 2.05) is 13.8 Å². The van der Waals surface area contributed by atoms with Crippen LogP contribution < -0.4 is 0 Å². The maximum absolute atomic E-state index is 10.0. The summed E-state index contributed by atoms with van der Waals surface area (Å²) >= 11 is 0. The summed E-state index contributed by atoms with van der Waals surface area (Å²) in [5.41, 5.74) is 0. The second-order valence-corrected chi connectivity index (χ2v) is 2.16. The van der Waals surface area contributed by atoms with E-state index >= 15 is 0 Å². The van der Waals surface area contributed by atoms with Gasteiger partial charge in [-0.05, 0) is 12.8 Å². The van der Waals surface area contributed by atoms with Gasteiger partial charge in [0, 0.05) is 0 Å². The molecule has 0 aromatic heterocycles. The summed E-state index contributed by atoms with van der Waals surface area (Å²) in [7, 11) is 0. The highest BCUT2D eigenvalue weighted by Crippen LogP contribution is 2.10. The third-order valence-corrected chi connectivity index (χ3v) is 1.55. The first-order chi connectivity index (χ1) is 4.79. The Hall–Kier alpha value is -0.800. The summed E-state index contributed by atoms with van der Waals surface area (Å²) in [6, 6.07) is -0.856. The highest BCUT2D eigenvalue weighted by Gasteiger charge is 2.18. The van der Waals surface area contributed by atoms with E-state index in [9.17, 15) is 9.81 Å². The van der Waals surface area contributed by atoms with Crippen LogP contribution in [0.5, 0.6) is 0 Å². The molecule has 0 spiro atoms. The fraction of sp³-hybridized carbons (Fsp3) is 1.00. The number of nitrogens with zero attached hydrogens (tertiary/aromatic N) is 2. The second kappa shape index (κ2) is 5.02. The Kier molecular flexibility index (Phi) is 4.62. The third-order valence-electron chi connectivity index (χ3n) is 1.55. The minimum Gasteiger partial charge on any atom is -0.150 e. The van der Waals surface area contributed by atoms with Crippen LogP contribution in [-0.4, -0.2) is 12.1 Å². The predicted molar refractivity (Wildman–Crippen MR) is 39.7 cm³/mol. The molecule has 0 aliphatic rings. The quantitative estimate of drug-likeness (QED) is 0.554. The molecule has 0 rings (SSSR count). The van der Waals surface area contributed by atoms with Crippen LogP contribution in [0.1, 0.15) is 26.7 Å². The van der Waals surface area contributed by atoms with E-state index in [2.05, 4.69) is 10.4 Å². The summed E-state index contributed by atoms with van der Waals surface area (Å²) < 4.78 is 0. The van der Waals surface area contributed by atoms with Gasteiger partial charge in [0.1, 0.15) is 12.1 Å². The molecular weight excluding hydrogens is 132 g/mol. The molecular formula is C6H12N2O2. The lowest BCUT2D eigenvalue weighted by atomic mass is 10.1. The predicted octanol–water partition coefficient (Wildman–Crippen LogP) is 2.08. The molecule has 0 aromatic carbocycles. The molecule has 0 bridgehead atoms. The van der Waals surface area contributed by atoms with Crippen LogP contribution in [0.15, 0.2) is 10.4 Å². The molecule has 4 heteroatoms. The van der Waals surface area contributed by atoms with Crippen molar-refractivity contribution >= 4 is 0 Å². The second-order valence-electron chi connectivity index (χ2n) is 2.16. The van der Waals surface area contributed by atoms with E-state index in [0.29, 0.717) is 12.8 Å². The van der Waals surface area contributed by atoms with Crippen molar-refractivity contribution in [3.63, 3.8) is 0 Å². The van der Waals surface area contributed by atoms with Crippen LogP contribution >= 0.6 is 0 Å². The molecule has 2 atom stereocenters. The van der Waals surface area contributed by atoms with Crippen molar-refractivity contribution in [3.05, 3.63) is 9.81 Å². The molecule has 0 unspecified atom stereocenters. The summed E-state index contributed by atoms with van der Waals surface area (Å²) in [5, 5.41) is 5.61. The van der Waals surface area contributed by atoms with Gasteiger partial charge in [-0.25, -0.2) is 0 Å². The van der Waals surface area contributed by atoms with E-state index < -0.39 is 12.1 Å². The normalized spacial score (nSPS) is 15.8. The standard InChI is InChI=1S/C6H12N2O2/c1-3-5(7-9)6(4-2)8-10/h5-6H,3-4H2,1-2H3/t5-,6-/m0/s1. The Morgan fingerprint density at radius 1 is 1.00 bits per heavy atom. The van der Waals surface area contributed by atoms with Crippen LogP contribution in [0.2, 0.25) is 0 Å². The fourth-order valence-corrected chi connectivity index (χ4v) is 0.834. The monoisotopic (exact) mass is 144 g/mol. The van der Waals surface area contributed by atoms with Crippen molar-refractivity contribution < 1.29 is 0 Å². The maximum Gasteiger partial charge on any atom is 0.117 e. The van der Waals surface area contributed by atoms with Gasteiger partial charge < -0.3 is 0 Å². The zero-order valence-corrected chi connectivity index (χ0v) is 6.28. The van der Waals surface area contributed by atoms with Gasteiger partial charge in [0.15, 0.2) is 0 Å². The van der Waals surface area contributed by atoms with E-state index in [1.165, 1.54) is 0 Å². The summed E-state index contributed by atoms with van der Waals surface area (Å²) in [4.78, 5) is 20.1. The zero-order chi connectivity index (χ0) is 7.98. The van der Waals surface area contributed by atoms with E-state index in [-0.39, 0.29) is 0 Å². The van der Waals surface area contributed by atoms with Crippen molar-refractivity contribution in [2.45, 2.75) is 38.8 Å². The minimum atomic E-state index is -0.428. The lowest BCUT2D eigenvalue weighted by Gasteiger charge is -2.09. The number of rotatable bonds is 5. The van der Waals surface area contributed by atoms with E-state index in [4.69, 9.17) is 0 Å². The molecule has 4 nitrogen and oxygen atoms in total. The van der Waals surface area contributed by atoms with Crippen LogP contribution in [0.4, 0.5) is 0 Å². The van der Waals surface area contributed by atoms with Gasteiger partial charge in [0.2, 0.25) is 0 Å². The Bertz CT molecular complexity index is 102. The molecule has 10 heavy (non-hydrogen) atoms. The third kappa shape index (κ3) is 2.21. The molecule has 0 heterocycles. The van der Waals surface area contributed by atoms with Gasteiger partial charge in [-0.3, -0.25) is 0 Å². The number of hydrogen-bond donors (Lipinski definition) is 0. The van der Waals surface area contributed by atoms with Crippen LogP contribution in [-0.2, 0) is 0 Å². The Morgan fingerprint density at radius 3 is 1.40 bits per heavy atom. The lowest BCUT2D eigenvalue weighted by Crippen LogP contribution is -2.19. The molecule has 0 aliphatic carbocycles. The van der Waals surface area contributed by atoms with Gasteiger partial charge in [0.25, 0.3) is 0 Å². The summed E-state index contributed by atoms with van der Waals surface area (Å²) in [6.07, 6.45) is 1.18. The fourth-order valence-electron chi connectivity index (χ4n) is 0.834. The van der Waals surface area contributed by atoms with Crippen molar-refractivity contribution in [2.24, 2.45) is 10.4 Å². The van der Waals surface area contributed by atoms with Gasteiger partial charge >= 0.3 is 0 Å². The largest absolute Gasteiger partial charge is 0.150 e. The molecule has 0 fully saturated rings. The average molecular weight is 144 g/mol. The first-order valence-corrected chi connectivity index (χ1v) is 3.45. The molecule has 0 saturated heterocycles. The van der Waals surface area contributed by atoms with E-state index in [0.717, 1.165) is 0 Å². The molecule has 0 saturated carbocycles. The van der Waals surface area contributed by atoms with Crippen molar-refractivity contribution in [3.8, 4) is 0 Å². The summed E-state index contributed by atoms with van der Waals surface area (Å²) in [5.74, 6) is 0. The highest BCUT2D eigenvalue weighted by molar-refractivity contribution is 4.78. The first kappa shape index (κ1) is 9.20. The Morgan fingerprint density at radius 2 is 1.30 bits per heavy atom. The average Bonchev–Trinajstić information content (AvgIpc) is 2.00. The SMILES string of the molecule is CC[C@H](N=O)[C@H](CC)N=O. The maximum atomic E-state index is 10.0. The van der Waals surface area contributed by atoms with Crippen LogP contribution in [0.25, 0.3) is 0 Å². The first-order valence-electron chi connectivity index (χ1n) is 3.45. The van der Waals surface area contributed by atoms with Crippen molar-refractivity contribution in [1.82, 2.24) is 0 Å². The summed E-state index contributed by atoms with van der Waals surface area (Å²) in [6.45, 7) is 3.64. The molecule has 0 N–H and O–H groups in total. The van der Waals surface area contributed by atoms with Gasteiger partial charge in [0.05, 0.1) is 0 Å². The van der Waals surface area contributed by atoms with Gasteiger partial charge in [-0.1, -0.05) is 24.2 Å². The molecule has 58 valence electrons. The number of nitroso groups, excluding NO2 is 2.